The van der Waals surface area contributed by atoms with E-state index in [2.05, 4.69) is 15.3 Å². The zero-order chi connectivity index (χ0) is 21.2. The Bertz CT molecular complexity index is 1060. The molecule has 5 nitrogen and oxygen atoms in total. The molecule has 0 saturated carbocycles. The van der Waals surface area contributed by atoms with Crippen LogP contribution in [0.1, 0.15) is 42.3 Å². The van der Waals surface area contributed by atoms with Crippen LogP contribution in [0.5, 0.6) is 0 Å². The second-order valence-electron chi connectivity index (χ2n) is 7.92. The van der Waals surface area contributed by atoms with Crippen LogP contribution in [0, 0.1) is 19.7 Å². The third kappa shape index (κ3) is 4.96. The number of aromatic nitrogens is 2. The molecule has 0 aliphatic rings. The van der Waals surface area contributed by atoms with Crippen molar-refractivity contribution in [3.8, 4) is 11.3 Å². The van der Waals surface area contributed by atoms with Crippen molar-refractivity contribution < 1.29 is 13.9 Å². The van der Waals surface area contributed by atoms with Crippen LogP contribution in [0.4, 0.5) is 15.8 Å². The molecule has 29 heavy (non-hydrogen) atoms. The van der Waals surface area contributed by atoms with Gasteiger partial charge in [0.2, 0.25) is 0 Å². The summed E-state index contributed by atoms with van der Waals surface area (Å²) in [6.07, 6.45) is 4.31. The fourth-order valence-corrected chi connectivity index (χ4v) is 2.92. The number of nitrogens with one attached hydrogen (secondary N) is 1. The standard InChI is InChI=1S/C23H24FN3O2/c1-14-6-7-20(18(10-14)22(28)29-23(3,4)5)27-16-11-15(2)21(26-12-16)17-8-9-25-13-19(17)24/h6-13,27H,1-5H3. The van der Waals surface area contributed by atoms with E-state index in [4.69, 9.17) is 4.74 Å². The van der Waals surface area contributed by atoms with E-state index in [0.29, 0.717) is 28.2 Å². The Hall–Kier alpha value is -3.28. The lowest BCUT2D eigenvalue weighted by Gasteiger charge is -2.21. The molecule has 3 rings (SSSR count). The van der Waals surface area contributed by atoms with Crippen LogP contribution in [0.15, 0.2) is 48.9 Å². The average Bonchev–Trinajstić information content (AvgIpc) is 2.63. The molecule has 1 N–H and O–H groups in total. The first-order valence-corrected chi connectivity index (χ1v) is 9.31. The number of ether oxygens (including phenoxy) is 1. The number of rotatable bonds is 4. The van der Waals surface area contributed by atoms with E-state index in [0.717, 1.165) is 11.1 Å². The fraction of sp³-hybridized carbons (Fsp3) is 0.261. The summed E-state index contributed by atoms with van der Waals surface area (Å²) in [5, 5.41) is 3.23. The third-order valence-electron chi connectivity index (χ3n) is 4.18. The number of hydrogen-bond acceptors (Lipinski definition) is 5. The third-order valence-corrected chi connectivity index (χ3v) is 4.18. The first kappa shape index (κ1) is 20.5. The lowest BCUT2D eigenvalue weighted by Crippen LogP contribution is -2.24. The Morgan fingerprint density at radius 2 is 1.86 bits per heavy atom. The van der Waals surface area contributed by atoms with Gasteiger partial charge in [0.15, 0.2) is 5.82 Å². The summed E-state index contributed by atoms with van der Waals surface area (Å²) in [6.45, 7) is 9.27. The van der Waals surface area contributed by atoms with Gasteiger partial charge in [0, 0.05) is 11.8 Å². The Labute approximate surface area is 170 Å². The number of anilines is 2. The summed E-state index contributed by atoms with van der Waals surface area (Å²) in [5.41, 5.74) is 3.86. The van der Waals surface area contributed by atoms with Gasteiger partial charge in [-0.15, -0.1) is 0 Å². The van der Waals surface area contributed by atoms with Crippen LogP contribution in [0.2, 0.25) is 0 Å². The van der Waals surface area contributed by atoms with E-state index < -0.39 is 17.4 Å². The van der Waals surface area contributed by atoms with Crippen LogP contribution in [-0.4, -0.2) is 21.5 Å². The zero-order valence-corrected chi connectivity index (χ0v) is 17.2. The second kappa shape index (κ2) is 7.99. The van der Waals surface area contributed by atoms with Crippen LogP contribution >= 0.6 is 0 Å². The smallest absolute Gasteiger partial charge is 0.340 e. The van der Waals surface area contributed by atoms with Crippen molar-refractivity contribution in [3.63, 3.8) is 0 Å². The molecule has 2 heterocycles. The molecule has 1 aromatic carbocycles. The molecule has 0 radical (unpaired) electrons. The Balaban J connectivity index is 1.92. The summed E-state index contributed by atoms with van der Waals surface area (Å²) in [4.78, 5) is 20.8. The fourth-order valence-electron chi connectivity index (χ4n) is 2.92. The predicted octanol–water partition coefficient (Wildman–Crippen LogP) is 5.60. The monoisotopic (exact) mass is 393 g/mol. The maximum atomic E-state index is 14.0. The number of esters is 1. The lowest BCUT2D eigenvalue weighted by molar-refractivity contribution is 0.00706. The van der Waals surface area contributed by atoms with Crippen molar-refractivity contribution in [3.05, 3.63) is 71.4 Å². The number of benzene rings is 1. The van der Waals surface area contributed by atoms with Crippen LogP contribution in [0.25, 0.3) is 11.3 Å². The van der Waals surface area contributed by atoms with Gasteiger partial charge in [0.05, 0.1) is 35.0 Å². The summed E-state index contributed by atoms with van der Waals surface area (Å²) in [5.74, 6) is -0.821. The number of pyridine rings is 2. The van der Waals surface area contributed by atoms with Crippen molar-refractivity contribution in [2.45, 2.75) is 40.2 Å². The highest BCUT2D eigenvalue weighted by molar-refractivity contribution is 5.97. The molecule has 0 aliphatic carbocycles. The Kier molecular flexibility index (Phi) is 5.64. The van der Waals surface area contributed by atoms with Gasteiger partial charge >= 0.3 is 5.97 Å². The molecule has 6 heteroatoms. The molecular formula is C23H24FN3O2. The molecule has 3 aromatic rings. The molecular weight excluding hydrogens is 369 g/mol. The van der Waals surface area contributed by atoms with Gasteiger partial charge in [-0.2, -0.15) is 0 Å². The maximum Gasteiger partial charge on any atom is 0.340 e. The van der Waals surface area contributed by atoms with E-state index in [1.165, 1.54) is 12.4 Å². The molecule has 0 bridgehead atoms. The normalized spacial score (nSPS) is 11.2. The Morgan fingerprint density at radius 1 is 1.10 bits per heavy atom. The molecule has 0 atom stereocenters. The number of carbonyl (C=O) groups excluding carboxylic acids is 1. The van der Waals surface area contributed by atoms with E-state index in [1.54, 1.807) is 18.3 Å². The summed E-state index contributed by atoms with van der Waals surface area (Å²) in [6, 6.07) is 8.99. The largest absolute Gasteiger partial charge is 0.456 e. The highest BCUT2D eigenvalue weighted by Gasteiger charge is 2.21. The highest BCUT2D eigenvalue weighted by Crippen LogP contribution is 2.28. The number of aryl methyl sites for hydroxylation is 2. The number of hydrogen-bond donors (Lipinski definition) is 1. The van der Waals surface area contributed by atoms with Gasteiger partial charge in [0.25, 0.3) is 0 Å². The van der Waals surface area contributed by atoms with Gasteiger partial charge in [-0.3, -0.25) is 9.97 Å². The molecule has 0 unspecified atom stereocenters. The van der Waals surface area contributed by atoms with Gasteiger partial charge in [-0.05, 0) is 64.4 Å². The maximum absolute atomic E-state index is 14.0. The quantitative estimate of drug-likeness (QED) is 0.585. The summed E-state index contributed by atoms with van der Waals surface area (Å²) < 4.78 is 19.6. The van der Waals surface area contributed by atoms with Gasteiger partial charge in [-0.25, -0.2) is 9.18 Å². The molecule has 2 aromatic heterocycles. The highest BCUT2D eigenvalue weighted by atomic mass is 19.1. The minimum absolute atomic E-state index is 0.397. The lowest BCUT2D eigenvalue weighted by atomic mass is 10.1. The molecule has 150 valence electrons. The van der Waals surface area contributed by atoms with E-state index in [-0.39, 0.29) is 0 Å². The SMILES string of the molecule is Cc1ccc(Nc2cnc(-c3ccncc3F)c(C)c2)c(C(=O)OC(C)(C)C)c1. The van der Waals surface area contributed by atoms with Crippen LogP contribution < -0.4 is 5.32 Å². The first-order valence-electron chi connectivity index (χ1n) is 9.31. The first-order chi connectivity index (χ1) is 13.6. The number of halogens is 1. The predicted molar refractivity (Wildman–Crippen MR) is 112 cm³/mol. The number of carbonyl (C=O) groups is 1. The van der Waals surface area contributed by atoms with Crippen molar-refractivity contribution in [2.24, 2.45) is 0 Å². The summed E-state index contributed by atoms with van der Waals surface area (Å²) >= 11 is 0. The topological polar surface area (TPSA) is 64.1 Å². The van der Waals surface area contributed by atoms with Crippen molar-refractivity contribution in [1.82, 2.24) is 9.97 Å². The minimum atomic E-state index is -0.591. The second-order valence-corrected chi connectivity index (χ2v) is 7.92. The van der Waals surface area contributed by atoms with E-state index >= 15 is 0 Å². The van der Waals surface area contributed by atoms with E-state index in [1.807, 2.05) is 52.8 Å². The average molecular weight is 393 g/mol. The van der Waals surface area contributed by atoms with Crippen molar-refractivity contribution in [2.75, 3.05) is 5.32 Å². The molecule has 0 fully saturated rings. The molecule has 0 aliphatic heterocycles. The van der Waals surface area contributed by atoms with Crippen LogP contribution in [-0.2, 0) is 4.74 Å². The van der Waals surface area contributed by atoms with E-state index in [9.17, 15) is 9.18 Å². The van der Waals surface area contributed by atoms with Gasteiger partial charge < -0.3 is 10.1 Å². The zero-order valence-electron chi connectivity index (χ0n) is 17.2. The van der Waals surface area contributed by atoms with Gasteiger partial charge in [0.1, 0.15) is 5.60 Å². The van der Waals surface area contributed by atoms with Crippen molar-refractivity contribution >= 4 is 17.3 Å². The molecule has 0 saturated heterocycles. The molecule has 0 spiro atoms. The number of nitrogens with zero attached hydrogens (tertiary/aromatic N) is 2. The minimum Gasteiger partial charge on any atom is -0.456 e. The van der Waals surface area contributed by atoms with Gasteiger partial charge in [-0.1, -0.05) is 11.6 Å². The molecule has 0 amide bonds. The van der Waals surface area contributed by atoms with Crippen LogP contribution in [0.3, 0.4) is 0 Å². The Morgan fingerprint density at radius 3 is 2.52 bits per heavy atom. The summed E-state index contributed by atoms with van der Waals surface area (Å²) in [7, 11) is 0. The van der Waals surface area contributed by atoms with Crippen molar-refractivity contribution in [1.29, 1.82) is 0 Å².